The molecule has 2 N–H and O–H groups in total. The normalized spacial score (nSPS) is 16.1. The van der Waals surface area contributed by atoms with Crippen LogP contribution in [0, 0.1) is 0 Å². The van der Waals surface area contributed by atoms with Gasteiger partial charge in [-0.3, -0.25) is 4.99 Å². The van der Waals surface area contributed by atoms with Gasteiger partial charge in [0.2, 0.25) is 0 Å². The largest absolute Gasteiger partial charge is 0.497 e. The molecule has 0 saturated carbocycles. The second kappa shape index (κ2) is 10.8. The molecule has 0 bridgehead atoms. The number of aryl methyl sites for hydroxylation is 1. The summed E-state index contributed by atoms with van der Waals surface area (Å²) < 4.78 is 17.9. The van der Waals surface area contributed by atoms with Gasteiger partial charge >= 0.3 is 0 Å². The summed E-state index contributed by atoms with van der Waals surface area (Å²) in [6, 6.07) is 6.08. The van der Waals surface area contributed by atoms with Crippen molar-refractivity contribution in [2.24, 2.45) is 4.99 Å². The predicted octanol–water partition coefficient (Wildman–Crippen LogP) is 1.55. The number of aliphatic imine (C=N–C) groups is 1. The van der Waals surface area contributed by atoms with Crippen molar-refractivity contribution in [3.05, 3.63) is 35.4 Å². The second-order valence-corrected chi connectivity index (χ2v) is 7.13. The van der Waals surface area contributed by atoms with Crippen LogP contribution in [-0.4, -0.2) is 61.2 Å². The first-order chi connectivity index (χ1) is 14.7. The standard InChI is InChI=1S/C21H32N6O3/c1-5-22-21(23-11-10-15-12-17(29-3)7-8-18(15)30-4)24-16-6-9-20-25-19(14-28-2)26-27(20)13-16/h7-8,12,16H,5-6,9-11,13-14H2,1-4H3,(H2,22,23,24). The van der Waals surface area contributed by atoms with E-state index in [1.807, 2.05) is 22.9 Å². The Balaban J connectivity index is 1.61. The van der Waals surface area contributed by atoms with E-state index in [4.69, 9.17) is 19.2 Å². The molecule has 30 heavy (non-hydrogen) atoms. The molecule has 0 radical (unpaired) electrons. The maximum atomic E-state index is 5.46. The van der Waals surface area contributed by atoms with Gasteiger partial charge in [-0.2, -0.15) is 5.10 Å². The van der Waals surface area contributed by atoms with E-state index >= 15 is 0 Å². The van der Waals surface area contributed by atoms with Gasteiger partial charge in [0.1, 0.15) is 23.9 Å². The fourth-order valence-corrected chi connectivity index (χ4v) is 3.55. The summed E-state index contributed by atoms with van der Waals surface area (Å²) in [5.41, 5.74) is 1.08. The van der Waals surface area contributed by atoms with Crippen molar-refractivity contribution in [1.29, 1.82) is 0 Å². The van der Waals surface area contributed by atoms with Crippen LogP contribution in [0.3, 0.4) is 0 Å². The molecule has 3 rings (SSSR count). The van der Waals surface area contributed by atoms with Crippen molar-refractivity contribution in [3.63, 3.8) is 0 Å². The summed E-state index contributed by atoms with van der Waals surface area (Å²) in [6.07, 6.45) is 2.63. The first-order valence-electron chi connectivity index (χ1n) is 10.3. The van der Waals surface area contributed by atoms with E-state index in [1.54, 1.807) is 21.3 Å². The van der Waals surface area contributed by atoms with Gasteiger partial charge in [0.15, 0.2) is 11.8 Å². The average Bonchev–Trinajstić information content (AvgIpc) is 3.15. The molecule has 0 aliphatic carbocycles. The number of hydrogen-bond acceptors (Lipinski definition) is 6. The molecule has 0 fully saturated rings. The Kier molecular flexibility index (Phi) is 7.89. The minimum atomic E-state index is 0.249. The van der Waals surface area contributed by atoms with E-state index in [9.17, 15) is 0 Å². The van der Waals surface area contributed by atoms with Crippen LogP contribution in [-0.2, 0) is 30.7 Å². The number of ether oxygens (including phenoxy) is 3. The zero-order chi connectivity index (χ0) is 21.3. The molecule has 1 atom stereocenters. The lowest BCUT2D eigenvalue weighted by atomic mass is 10.1. The second-order valence-electron chi connectivity index (χ2n) is 7.13. The average molecular weight is 417 g/mol. The highest BCUT2D eigenvalue weighted by Crippen LogP contribution is 2.24. The predicted molar refractivity (Wildman–Crippen MR) is 115 cm³/mol. The lowest BCUT2D eigenvalue weighted by Crippen LogP contribution is -2.47. The number of methoxy groups -OCH3 is 3. The zero-order valence-electron chi connectivity index (χ0n) is 18.3. The number of nitrogens with one attached hydrogen (secondary N) is 2. The molecule has 1 aromatic heterocycles. The Labute approximate surface area is 177 Å². The quantitative estimate of drug-likeness (QED) is 0.473. The summed E-state index contributed by atoms with van der Waals surface area (Å²) in [5, 5.41) is 11.4. The van der Waals surface area contributed by atoms with Crippen LogP contribution in [0.1, 0.15) is 30.6 Å². The van der Waals surface area contributed by atoms with Crippen molar-refractivity contribution < 1.29 is 14.2 Å². The summed E-state index contributed by atoms with van der Waals surface area (Å²) in [5.74, 6) is 4.23. The van der Waals surface area contributed by atoms with Gasteiger partial charge in [0.25, 0.3) is 0 Å². The molecular weight excluding hydrogens is 384 g/mol. The Morgan fingerprint density at radius 1 is 1.27 bits per heavy atom. The highest BCUT2D eigenvalue weighted by Gasteiger charge is 2.22. The molecule has 1 aliphatic heterocycles. The number of guanidine groups is 1. The molecular formula is C21H32N6O3. The monoisotopic (exact) mass is 416 g/mol. The van der Waals surface area contributed by atoms with Crippen LogP contribution in [0.5, 0.6) is 11.5 Å². The summed E-state index contributed by atoms with van der Waals surface area (Å²) >= 11 is 0. The van der Waals surface area contributed by atoms with Crippen molar-refractivity contribution in [3.8, 4) is 11.5 Å². The number of aromatic nitrogens is 3. The molecule has 0 spiro atoms. The maximum Gasteiger partial charge on any atom is 0.191 e. The Morgan fingerprint density at radius 2 is 2.13 bits per heavy atom. The van der Waals surface area contributed by atoms with Crippen LogP contribution in [0.4, 0.5) is 0 Å². The smallest absolute Gasteiger partial charge is 0.191 e. The summed E-state index contributed by atoms with van der Waals surface area (Å²) in [6.45, 7) is 4.71. The summed E-state index contributed by atoms with van der Waals surface area (Å²) in [7, 11) is 5.00. The fourth-order valence-electron chi connectivity index (χ4n) is 3.55. The third kappa shape index (κ3) is 5.63. The maximum absolute atomic E-state index is 5.46. The van der Waals surface area contributed by atoms with Crippen LogP contribution in [0.2, 0.25) is 0 Å². The van der Waals surface area contributed by atoms with Crippen molar-refractivity contribution in [2.45, 2.75) is 45.4 Å². The van der Waals surface area contributed by atoms with E-state index in [2.05, 4.69) is 27.6 Å². The molecule has 164 valence electrons. The minimum Gasteiger partial charge on any atom is -0.497 e. The summed E-state index contributed by atoms with van der Waals surface area (Å²) in [4.78, 5) is 9.29. The molecule has 2 heterocycles. The first kappa shape index (κ1) is 21.9. The van der Waals surface area contributed by atoms with Crippen molar-refractivity contribution in [2.75, 3.05) is 34.4 Å². The third-order valence-corrected chi connectivity index (χ3v) is 5.00. The number of rotatable bonds is 9. The van der Waals surface area contributed by atoms with E-state index in [-0.39, 0.29) is 6.04 Å². The van der Waals surface area contributed by atoms with Gasteiger partial charge in [-0.05, 0) is 43.5 Å². The van der Waals surface area contributed by atoms with Gasteiger partial charge < -0.3 is 24.8 Å². The van der Waals surface area contributed by atoms with E-state index in [0.717, 1.165) is 67.0 Å². The molecule has 2 aromatic rings. The van der Waals surface area contributed by atoms with Gasteiger partial charge in [0, 0.05) is 32.7 Å². The van der Waals surface area contributed by atoms with E-state index < -0.39 is 0 Å². The molecule has 9 heteroatoms. The lowest BCUT2D eigenvalue weighted by Gasteiger charge is -2.25. The SMILES string of the molecule is CCNC(=NCCc1cc(OC)ccc1OC)NC1CCc2nc(COC)nn2C1. The zero-order valence-corrected chi connectivity index (χ0v) is 18.3. The highest BCUT2D eigenvalue weighted by atomic mass is 16.5. The minimum absolute atomic E-state index is 0.249. The number of benzene rings is 1. The van der Waals surface area contributed by atoms with Gasteiger partial charge in [0.05, 0.1) is 20.8 Å². The molecule has 1 aliphatic rings. The van der Waals surface area contributed by atoms with Gasteiger partial charge in [-0.15, -0.1) is 0 Å². The molecule has 0 saturated heterocycles. The number of fused-ring (bicyclic) bond motifs is 1. The van der Waals surface area contributed by atoms with E-state index in [1.165, 1.54) is 0 Å². The molecule has 1 unspecified atom stereocenters. The molecule has 1 aromatic carbocycles. The van der Waals surface area contributed by atoms with Crippen LogP contribution in [0.15, 0.2) is 23.2 Å². The van der Waals surface area contributed by atoms with Crippen LogP contribution >= 0.6 is 0 Å². The topological polar surface area (TPSA) is 94.8 Å². The fraction of sp³-hybridized carbons (Fsp3) is 0.571. The van der Waals surface area contributed by atoms with Crippen molar-refractivity contribution >= 4 is 5.96 Å². The van der Waals surface area contributed by atoms with Crippen LogP contribution < -0.4 is 20.1 Å². The Hall–Kier alpha value is -2.81. The Morgan fingerprint density at radius 3 is 2.87 bits per heavy atom. The third-order valence-electron chi connectivity index (χ3n) is 5.00. The molecule has 0 amide bonds. The van der Waals surface area contributed by atoms with Gasteiger partial charge in [-0.1, -0.05) is 0 Å². The first-order valence-corrected chi connectivity index (χ1v) is 10.3. The highest BCUT2D eigenvalue weighted by molar-refractivity contribution is 5.80. The Bertz CT molecular complexity index is 851. The van der Waals surface area contributed by atoms with Crippen molar-refractivity contribution in [1.82, 2.24) is 25.4 Å². The lowest BCUT2D eigenvalue weighted by molar-refractivity contribution is 0.177. The van der Waals surface area contributed by atoms with Crippen LogP contribution in [0.25, 0.3) is 0 Å². The number of hydrogen-bond donors (Lipinski definition) is 2. The van der Waals surface area contributed by atoms with E-state index in [0.29, 0.717) is 13.2 Å². The molecule has 9 nitrogen and oxygen atoms in total. The number of nitrogens with zero attached hydrogens (tertiary/aromatic N) is 4. The van der Waals surface area contributed by atoms with Gasteiger partial charge in [-0.25, -0.2) is 9.67 Å².